The van der Waals surface area contributed by atoms with E-state index >= 15 is 0 Å². The molecule has 2 N–H and O–H groups in total. The summed E-state index contributed by atoms with van der Waals surface area (Å²) in [6.45, 7) is 4.57. The molecular weight excluding hydrogens is 258 g/mol. The molecule has 0 aliphatic carbocycles. The van der Waals surface area contributed by atoms with Crippen LogP contribution in [0.15, 0.2) is 35.6 Å². The highest BCUT2D eigenvalue weighted by Gasteiger charge is 2.06. The van der Waals surface area contributed by atoms with Gasteiger partial charge in [0.15, 0.2) is 5.16 Å². The second-order valence-corrected chi connectivity index (χ2v) is 5.01. The van der Waals surface area contributed by atoms with Gasteiger partial charge in [-0.2, -0.15) is 0 Å². The number of aryl methyl sites for hydroxylation is 1. The van der Waals surface area contributed by atoms with E-state index in [1.165, 1.54) is 0 Å². The second-order valence-electron chi connectivity index (χ2n) is 4.07. The number of rotatable bonds is 5. The van der Waals surface area contributed by atoms with Gasteiger partial charge >= 0.3 is 0 Å². The van der Waals surface area contributed by atoms with Crippen LogP contribution in [0.5, 0.6) is 5.75 Å². The van der Waals surface area contributed by atoms with Crippen molar-refractivity contribution in [2.75, 3.05) is 12.3 Å². The third-order valence-electron chi connectivity index (χ3n) is 2.51. The maximum atomic E-state index is 5.82. The Morgan fingerprint density at radius 3 is 2.89 bits per heavy atom. The zero-order valence-electron chi connectivity index (χ0n) is 11.1. The van der Waals surface area contributed by atoms with Gasteiger partial charge in [-0.05, 0) is 38.1 Å². The van der Waals surface area contributed by atoms with Crippen molar-refractivity contribution in [1.29, 1.82) is 0 Å². The first kappa shape index (κ1) is 13.7. The molecule has 2 rings (SSSR count). The molecule has 4 nitrogen and oxygen atoms in total. The molecular formula is C14H17N3OS. The van der Waals surface area contributed by atoms with Crippen LogP contribution in [-0.2, 0) is 5.75 Å². The summed E-state index contributed by atoms with van der Waals surface area (Å²) in [4.78, 5) is 8.60. The van der Waals surface area contributed by atoms with Gasteiger partial charge in [0.1, 0.15) is 5.75 Å². The van der Waals surface area contributed by atoms with Crippen molar-refractivity contribution in [3.05, 3.63) is 41.7 Å². The molecule has 19 heavy (non-hydrogen) atoms. The molecule has 0 fully saturated rings. The molecule has 0 saturated carbocycles. The molecule has 0 aliphatic rings. The van der Waals surface area contributed by atoms with Gasteiger partial charge in [0.25, 0.3) is 0 Å². The Hall–Kier alpha value is -1.75. The Bertz CT molecular complexity index is 560. The van der Waals surface area contributed by atoms with Crippen LogP contribution in [0.25, 0.3) is 0 Å². The van der Waals surface area contributed by atoms with Gasteiger partial charge in [-0.25, -0.2) is 9.97 Å². The van der Waals surface area contributed by atoms with Crippen LogP contribution in [0.4, 0.5) is 5.69 Å². The van der Waals surface area contributed by atoms with Crippen LogP contribution < -0.4 is 10.5 Å². The minimum Gasteiger partial charge on any atom is -0.494 e. The number of aromatic nitrogens is 2. The molecule has 1 aromatic carbocycles. The predicted octanol–water partition coefficient (Wildman–Crippen LogP) is 3.06. The molecule has 100 valence electrons. The van der Waals surface area contributed by atoms with Gasteiger partial charge in [-0.3, -0.25) is 0 Å². The van der Waals surface area contributed by atoms with Gasteiger partial charge in [0.05, 0.1) is 6.61 Å². The molecule has 1 heterocycles. The fraction of sp³-hybridized carbons (Fsp3) is 0.286. The highest BCUT2D eigenvalue weighted by molar-refractivity contribution is 7.98. The lowest BCUT2D eigenvalue weighted by atomic mass is 10.2. The van der Waals surface area contributed by atoms with Gasteiger partial charge in [0.2, 0.25) is 0 Å². The Morgan fingerprint density at radius 2 is 2.16 bits per heavy atom. The Labute approximate surface area is 117 Å². The third-order valence-corrected chi connectivity index (χ3v) is 3.42. The van der Waals surface area contributed by atoms with Crippen LogP contribution in [0.1, 0.15) is 18.2 Å². The average Bonchev–Trinajstić information content (AvgIpc) is 2.39. The molecule has 5 heteroatoms. The van der Waals surface area contributed by atoms with E-state index in [1.54, 1.807) is 18.0 Å². The maximum absolute atomic E-state index is 5.82. The summed E-state index contributed by atoms with van der Waals surface area (Å²) in [6.07, 6.45) is 1.77. The molecule has 0 spiro atoms. The van der Waals surface area contributed by atoms with Crippen LogP contribution in [0.2, 0.25) is 0 Å². The largest absolute Gasteiger partial charge is 0.494 e. The number of nitrogens with two attached hydrogens (primary N) is 1. The van der Waals surface area contributed by atoms with Crippen molar-refractivity contribution in [2.45, 2.75) is 24.8 Å². The van der Waals surface area contributed by atoms with Crippen molar-refractivity contribution in [1.82, 2.24) is 9.97 Å². The minimum absolute atomic E-state index is 0.641. The Balaban J connectivity index is 2.12. The summed E-state index contributed by atoms with van der Waals surface area (Å²) in [7, 11) is 0. The molecule has 0 aliphatic heterocycles. The Kier molecular flexibility index (Phi) is 4.63. The smallest absolute Gasteiger partial charge is 0.188 e. The van der Waals surface area contributed by atoms with E-state index in [-0.39, 0.29) is 0 Å². The number of ether oxygens (including phenoxy) is 1. The minimum atomic E-state index is 0.641. The van der Waals surface area contributed by atoms with Gasteiger partial charge in [0, 0.05) is 28.9 Å². The van der Waals surface area contributed by atoms with E-state index in [4.69, 9.17) is 10.5 Å². The summed E-state index contributed by atoms with van der Waals surface area (Å²) >= 11 is 1.58. The lowest BCUT2D eigenvalue weighted by Gasteiger charge is -2.10. The Morgan fingerprint density at radius 1 is 1.32 bits per heavy atom. The third kappa shape index (κ3) is 3.86. The quantitative estimate of drug-likeness (QED) is 0.516. The van der Waals surface area contributed by atoms with E-state index < -0.39 is 0 Å². The predicted molar refractivity (Wildman–Crippen MR) is 78.4 cm³/mol. The summed E-state index contributed by atoms with van der Waals surface area (Å²) in [5.74, 6) is 1.61. The standard InChI is InChI=1S/C14H17N3OS/c1-3-18-13-5-4-12(15)8-11(13)9-19-14-16-7-6-10(2)17-14/h4-8H,3,9,15H2,1-2H3. The van der Waals surface area contributed by atoms with E-state index in [0.29, 0.717) is 6.61 Å². The number of thioether (sulfide) groups is 1. The number of benzene rings is 1. The fourth-order valence-corrected chi connectivity index (χ4v) is 2.50. The summed E-state index contributed by atoms with van der Waals surface area (Å²) in [5.41, 5.74) is 8.59. The average molecular weight is 275 g/mol. The fourth-order valence-electron chi connectivity index (χ4n) is 1.65. The molecule has 0 saturated heterocycles. The first-order chi connectivity index (χ1) is 9.19. The monoisotopic (exact) mass is 275 g/mol. The van der Waals surface area contributed by atoms with Gasteiger partial charge < -0.3 is 10.5 Å². The van der Waals surface area contributed by atoms with Crippen LogP contribution in [0.3, 0.4) is 0 Å². The summed E-state index contributed by atoms with van der Waals surface area (Å²) in [6, 6.07) is 7.58. The number of anilines is 1. The molecule has 0 amide bonds. The lowest BCUT2D eigenvalue weighted by molar-refractivity contribution is 0.337. The highest BCUT2D eigenvalue weighted by atomic mass is 32.2. The molecule has 0 unspecified atom stereocenters. The zero-order chi connectivity index (χ0) is 13.7. The summed E-state index contributed by atoms with van der Waals surface area (Å²) in [5, 5.41) is 0.768. The van der Waals surface area contributed by atoms with Crippen molar-refractivity contribution in [3.8, 4) is 5.75 Å². The number of nitrogens with zero attached hydrogens (tertiary/aromatic N) is 2. The van der Waals surface area contributed by atoms with E-state index in [2.05, 4.69) is 9.97 Å². The van der Waals surface area contributed by atoms with Crippen molar-refractivity contribution >= 4 is 17.4 Å². The van der Waals surface area contributed by atoms with Crippen LogP contribution >= 0.6 is 11.8 Å². The highest BCUT2D eigenvalue weighted by Crippen LogP contribution is 2.28. The maximum Gasteiger partial charge on any atom is 0.188 e. The van der Waals surface area contributed by atoms with E-state index in [9.17, 15) is 0 Å². The molecule has 1 aromatic heterocycles. The summed E-state index contributed by atoms with van der Waals surface area (Å²) < 4.78 is 5.59. The first-order valence-electron chi connectivity index (χ1n) is 6.12. The van der Waals surface area contributed by atoms with E-state index in [1.807, 2.05) is 38.1 Å². The van der Waals surface area contributed by atoms with Gasteiger partial charge in [-0.15, -0.1) is 0 Å². The molecule has 2 aromatic rings. The van der Waals surface area contributed by atoms with Crippen LogP contribution in [-0.4, -0.2) is 16.6 Å². The second kappa shape index (κ2) is 6.43. The topological polar surface area (TPSA) is 61.0 Å². The lowest BCUT2D eigenvalue weighted by Crippen LogP contribution is -1.98. The number of nitrogen functional groups attached to an aromatic ring is 1. The van der Waals surface area contributed by atoms with Crippen molar-refractivity contribution in [2.24, 2.45) is 0 Å². The zero-order valence-corrected chi connectivity index (χ0v) is 11.9. The van der Waals surface area contributed by atoms with Crippen molar-refractivity contribution < 1.29 is 4.74 Å². The molecule has 0 atom stereocenters. The van der Waals surface area contributed by atoms with Crippen molar-refractivity contribution in [3.63, 3.8) is 0 Å². The molecule has 0 radical (unpaired) electrons. The SMILES string of the molecule is CCOc1ccc(N)cc1CSc1nccc(C)n1. The first-order valence-corrected chi connectivity index (χ1v) is 7.11. The number of hydrogen-bond donors (Lipinski definition) is 1. The van der Waals surface area contributed by atoms with Gasteiger partial charge in [-0.1, -0.05) is 11.8 Å². The normalized spacial score (nSPS) is 10.4. The molecule has 0 bridgehead atoms. The number of hydrogen-bond acceptors (Lipinski definition) is 5. The van der Waals surface area contributed by atoms with E-state index in [0.717, 1.165) is 33.6 Å². The van der Waals surface area contributed by atoms with Crippen LogP contribution in [0, 0.1) is 6.92 Å².